The zero-order chi connectivity index (χ0) is 32.1. The lowest BCUT2D eigenvalue weighted by Gasteiger charge is -2.20. The van der Waals surface area contributed by atoms with E-state index in [-0.39, 0.29) is 31.0 Å². The summed E-state index contributed by atoms with van der Waals surface area (Å²) in [5.41, 5.74) is 6.69. The highest BCUT2D eigenvalue weighted by Crippen LogP contribution is 2.26. The third kappa shape index (κ3) is 9.11. The normalized spacial score (nSPS) is 10.6. The van der Waals surface area contributed by atoms with Crippen LogP contribution in [0.3, 0.4) is 0 Å². The maximum atomic E-state index is 13.5. The fourth-order valence-electron chi connectivity index (χ4n) is 4.21. The summed E-state index contributed by atoms with van der Waals surface area (Å²) in [6.45, 7) is 5.28. The van der Waals surface area contributed by atoms with Crippen LogP contribution in [0.2, 0.25) is 0 Å². The van der Waals surface area contributed by atoms with E-state index in [0.717, 1.165) is 24.1 Å². The van der Waals surface area contributed by atoms with Gasteiger partial charge in [0, 0.05) is 32.9 Å². The van der Waals surface area contributed by atoms with Gasteiger partial charge in [-0.15, -0.1) is 0 Å². The number of rotatable bonds is 11. The number of hydrogen-bond acceptors (Lipinski definition) is 7. The Bertz CT molecular complexity index is 1590. The van der Waals surface area contributed by atoms with Crippen molar-refractivity contribution in [2.45, 2.75) is 46.3 Å². The smallest absolute Gasteiger partial charge is 0.409 e. The van der Waals surface area contributed by atoms with Crippen LogP contribution in [0.15, 0.2) is 71.7 Å². The first-order valence-corrected chi connectivity index (χ1v) is 14.6. The molecule has 11 heteroatoms. The van der Waals surface area contributed by atoms with E-state index >= 15 is 0 Å². The molecule has 4 aromatic rings. The molecular weight excluding hydrogens is 565 g/mol. The molecule has 4 N–H and O–H groups in total. The second kappa shape index (κ2) is 16.8. The van der Waals surface area contributed by atoms with Gasteiger partial charge in [0.1, 0.15) is 23.5 Å². The molecule has 0 radical (unpaired) electrons. The molecule has 0 bridgehead atoms. The zero-order valence-corrected chi connectivity index (χ0v) is 25.4. The number of pyridine rings is 2. The molecule has 0 spiro atoms. The Hall–Kier alpha value is -4.77. The number of carbonyl (C=O) groups is 2. The molecule has 10 nitrogen and oxygen atoms in total. The van der Waals surface area contributed by atoms with E-state index in [9.17, 15) is 23.9 Å². The van der Waals surface area contributed by atoms with Gasteiger partial charge in [0.2, 0.25) is 0 Å². The van der Waals surface area contributed by atoms with Crippen LogP contribution < -0.4 is 16.6 Å². The minimum atomic E-state index is -0.703. The number of aromatic hydroxyl groups is 1. The Morgan fingerprint density at radius 1 is 1.05 bits per heavy atom. The maximum Gasteiger partial charge on any atom is 0.409 e. The minimum Gasteiger partial charge on any atom is -0.505 e. The summed E-state index contributed by atoms with van der Waals surface area (Å²) in [5.74, 6) is -1.55. The lowest BCUT2D eigenvalue weighted by molar-refractivity contribution is 0.0946. The molecule has 0 saturated heterocycles. The van der Waals surface area contributed by atoms with Crippen LogP contribution in [0.4, 0.5) is 9.18 Å². The number of nitrogens with zero attached hydrogens (tertiary/aromatic N) is 3. The van der Waals surface area contributed by atoms with Crippen molar-refractivity contribution < 1.29 is 23.8 Å². The number of likely N-dealkylation sites (N-methyl/N-ethyl adjacent to an activating group) is 1. The molecule has 2 heterocycles. The van der Waals surface area contributed by atoms with Crippen LogP contribution in [0, 0.1) is 5.82 Å². The van der Waals surface area contributed by atoms with Gasteiger partial charge in [-0.3, -0.25) is 14.6 Å². The quantitative estimate of drug-likeness (QED) is 0.227. The van der Waals surface area contributed by atoms with Gasteiger partial charge < -0.3 is 30.4 Å². The number of halogens is 1. The second-order valence-corrected chi connectivity index (χ2v) is 10.2. The molecule has 2 aromatic carbocycles. The molecule has 4 rings (SSSR count). The van der Waals surface area contributed by atoms with Crippen LogP contribution in [0.5, 0.6) is 5.75 Å². The lowest BCUT2D eigenvalue weighted by Crippen LogP contribution is -2.37. The predicted octanol–water partition coefficient (Wildman–Crippen LogP) is 4.60. The van der Waals surface area contributed by atoms with Gasteiger partial charge >= 0.3 is 6.09 Å². The monoisotopic (exact) mass is 605 g/mol. The van der Waals surface area contributed by atoms with E-state index < -0.39 is 28.9 Å². The average Bonchev–Trinajstić information content (AvgIpc) is 3.04. The topological polar surface area (TPSA) is 140 Å². The summed E-state index contributed by atoms with van der Waals surface area (Å²) in [5, 5.41) is 13.5. The van der Waals surface area contributed by atoms with Crippen molar-refractivity contribution in [1.29, 1.82) is 0 Å². The number of fused-ring (bicyclic) bond motifs is 1. The molecule has 0 unspecified atom stereocenters. The number of amides is 2. The lowest BCUT2D eigenvalue weighted by atomic mass is 10.1. The second-order valence-electron chi connectivity index (χ2n) is 10.2. The molecule has 2 amide bonds. The van der Waals surface area contributed by atoms with Crippen LogP contribution in [-0.4, -0.2) is 58.2 Å². The first-order valence-electron chi connectivity index (χ1n) is 14.6. The summed E-state index contributed by atoms with van der Waals surface area (Å²) < 4.78 is 20.1. The molecule has 234 valence electrons. The van der Waals surface area contributed by atoms with E-state index in [1.165, 1.54) is 21.6 Å². The van der Waals surface area contributed by atoms with Crippen molar-refractivity contribution in [3.05, 3.63) is 105 Å². The zero-order valence-electron chi connectivity index (χ0n) is 25.4. The summed E-state index contributed by atoms with van der Waals surface area (Å²) in [7, 11) is 1.55. The molecule has 0 fully saturated rings. The predicted molar refractivity (Wildman–Crippen MR) is 168 cm³/mol. The van der Waals surface area contributed by atoms with E-state index in [4.69, 9.17) is 10.5 Å². The first-order chi connectivity index (χ1) is 21.2. The number of ether oxygens (including phenoxy) is 1. The number of nitrogens with two attached hydrogens (primary N) is 1. The van der Waals surface area contributed by atoms with Crippen molar-refractivity contribution in [2.75, 3.05) is 26.7 Å². The highest BCUT2D eigenvalue weighted by atomic mass is 19.1. The third-order valence-corrected chi connectivity index (χ3v) is 6.68. The van der Waals surface area contributed by atoms with Gasteiger partial charge in [-0.1, -0.05) is 56.3 Å². The molecule has 0 atom stereocenters. The molecule has 2 aromatic heterocycles. The Morgan fingerprint density at radius 2 is 1.73 bits per heavy atom. The van der Waals surface area contributed by atoms with Crippen molar-refractivity contribution >= 4 is 23.0 Å². The van der Waals surface area contributed by atoms with E-state index in [1.54, 1.807) is 31.4 Å². The van der Waals surface area contributed by atoms with Gasteiger partial charge in [-0.05, 0) is 60.7 Å². The number of hydrogen-bond donors (Lipinski definition) is 3. The number of carbonyl (C=O) groups excluding carboxylic acids is 2. The van der Waals surface area contributed by atoms with Crippen molar-refractivity contribution in [3.8, 4) is 5.75 Å². The van der Waals surface area contributed by atoms with Gasteiger partial charge in [0.25, 0.3) is 11.5 Å². The number of aromatic nitrogens is 2. The van der Waals surface area contributed by atoms with Gasteiger partial charge in [-0.25, -0.2) is 9.18 Å². The van der Waals surface area contributed by atoms with Gasteiger partial charge in [0.15, 0.2) is 5.75 Å². The summed E-state index contributed by atoms with van der Waals surface area (Å²) in [6.07, 6.45) is 3.12. The summed E-state index contributed by atoms with van der Waals surface area (Å²) >= 11 is 0. The van der Waals surface area contributed by atoms with Gasteiger partial charge in [0.05, 0.1) is 5.52 Å². The molecule has 44 heavy (non-hydrogen) atoms. The Balaban J connectivity index is 0.00000124. The molecule has 0 aliphatic heterocycles. The number of benzene rings is 2. The highest BCUT2D eigenvalue weighted by molar-refractivity contribution is 6.01. The Kier molecular flexibility index (Phi) is 12.8. The summed E-state index contributed by atoms with van der Waals surface area (Å²) in [4.78, 5) is 44.7. The molecule has 0 aliphatic carbocycles. The van der Waals surface area contributed by atoms with Crippen molar-refractivity contribution in [3.63, 3.8) is 0 Å². The number of nitrogens with one attached hydrogen (secondary N) is 1. The van der Waals surface area contributed by atoms with Crippen LogP contribution in [0.25, 0.3) is 11.0 Å². The highest BCUT2D eigenvalue weighted by Gasteiger charge is 2.24. The van der Waals surface area contributed by atoms with E-state index in [0.29, 0.717) is 30.5 Å². The van der Waals surface area contributed by atoms with Crippen LogP contribution >= 0.6 is 0 Å². The van der Waals surface area contributed by atoms with Gasteiger partial charge in [-0.2, -0.15) is 0 Å². The van der Waals surface area contributed by atoms with Crippen LogP contribution in [-0.2, 0) is 24.3 Å². The van der Waals surface area contributed by atoms with Crippen molar-refractivity contribution in [2.24, 2.45) is 5.73 Å². The van der Waals surface area contributed by atoms with Crippen molar-refractivity contribution in [1.82, 2.24) is 19.8 Å². The van der Waals surface area contributed by atoms with Crippen LogP contribution in [0.1, 0.15) is 53.7 Å². The van der Waals surface area contributed by atoms with E-state index in [1.807, 2.05) is 37.3 Å². The largest absolute Gasteiger partial charge is 0.505 e. The Labute approximate surface area is 256 Å². The maximum absolute atomic E-state index is 13.5. The molecule has 0 saturated carbocycles. The minimum absolute atomic E-state index is 0.0162. The molecular formula is C33H40FN5O5. The average molecular weight is 606 g/mol. The standard InChI is InChI=1S/C30H31FN4O5.C3H9N/c1-3-13-32-28(37)25-27(36)26-24(17-22(18-33-26)16-20-9-11-23(31)12-10-20)35(29(25)38)15-14-34(2)30(39)40-19-21-7-5-4-6-8-21;1-2-3-4/h4-12,17-18,36H,3,13-16,19H2,1-2H3,(H,32,37);2-4H2,1H3. The molecule has 0 aliphatic rings. The third-order valence-electron chi connectivity index (χ3n) is 6.68. The fourth-order valence-corrected chi connectivity index (χ4v) is 4.21. The fraction of sp³-hybridized carbons (Fsp3) is 0.333. The summed E-state index contributed by atoms with van der Waals surface area (Å²) in [6, 6.07) is 17.0. The van der Waals surface area contributed by atoms with E-state index in [2.05, 4.69) is 17.2 Å². The SMILES string of the molecule is CCCN.CCCNC(=O)c1c(O)c2ncc(Cc3ccc(F)cc3)cc2n(CCN(C)C(=O)OCc2ccccc2)c1=O. The Morgan fingerprint density at radius 3 is 2.36 bits per heavy atom. The first kappa shape index (κ1) is 33.7.